The Morgan fingerprint density at radius 1 is 0.963 bits per heavy atom. The molecule has 4 aromatic rings. The fourth-order valence-electron chi connectivity index (χ4n) is 3.03. The smallest absolute Gasteiger partial charge is 0.244 e. The average molecular weight is 353 g/mol. The summed E-state index contributed by atoms with van der Waals surface area (Å²) in [6, 6.07) is 22.0. The van der Waals surface area contributed by atoms with Gasteiger partial charge in [-0.1, -0.05) is 48.5 Å². The topological polar surface area (TPSA) is 54.9 Å². The zero-order chi connectivity index (χ0) is 18.6. The monoisotopic (exact) mass is 353 g/mol. The van der Waals surface area contributed by atoms with E-state index in [0.717, 1.165) is 22.0 Å². The molecule has 3 aromatic carbocycles. The molecule has 1 unspecified atom stereocenters. The Bertz CT molecular complexity index is 1150. The highest BCUT2D eigenvalue weighted by molar-refractivity contribution is 5.92. The standard InChI is InChI=1S/C23H19N3O/c1-16(18-11-10-17-6-2-3-7-19(17)14-18)25-23(27)13-12-20-15-24-21-8-4-5-9-22(21)26-20/h2-16H,1H3,(H,25,27). The molecule has 1 N–H and O–H groups in total. The molecule has 1 aromatic heterocycles. The van der Waals surface area contributed by atoms with Crippen molar-refractivity contribution in [2.75, 3.05) is 0 Å². The highest BCUT2D eigenvalue weighted by Gasteiger charge is 2.08. The molecule has 0 bridgehead atoms. The summed E-state index contributed by atoms with van der Waals surface area (Å²) in [5.41, 5.74) is 3.37. The molecule has 0 aliphatic heterocycles. The summed E-state index contributed by atoms with van der Waals surface area (Å²) in [7, 11) is 0. The highest BCUT2D eigenvalue weighted by atomic mass is 16.1. The van der Waals surface area contributed by atoms with Gasteiger partial charge in [-0.25, -0.2) is 4.98 Å². The zero-order valence-corrected chi connectivity index (χ0v) is 15.0. The molecule has 0 saturated carbocycles. The van der Waals surface area contributed by atoms with E-state index >= 15 is 0 Å². The lowest BCUT2D eigenvalue weighted by Crippen LogP contribution is -2.24. The van der Waals surface area contributed by atoms with E-state index in [0.29, 0.717) is 5.69 Å². The van der Waals surface area contributed by atoms with Crippen molar-refractivity contribution in [1.82, 2.24) is 15.3 Å². The number of para-hydroxylation sites is 2. The van der Waals surface area contributed by atoms with E-state index in [1.165, 1.54) is 11.5 Å². The van der Waals surface area contributed by atoms with Crippen molar-refractivity contribution >= 4 is 33.8 Å². The van der Waals surface area contributed by atoms with Gasteiger partial charge >= 0.3 is 0 Å². The molecule has 0 spiro atoms. The van der Waals surface area contributed by atoms with Gasteiger partial charge in [-0.05, 0) is 47.5 Å². The summed E-state index contributed by atoms with van der Waals surface area (Å²) in [5, 5.41) is 5.35. The van der Waals surface area contributed by atoms with Gasteiger partial charge in [0, 0.05) is 6.08 Å². The highest BCUT2D eigenvalue weighted by Crippen LogP contribution is 2.20. The number of rotatable bonds is 4. The van der Waals surface area contributed by atoms with Crippen LogP contribution in [0.4, 0.5) is 0 Å². The number of aromatic nitrogens is 2. The van der Waals surface area contributed by atoms with Gasteiger partial charge in [0.25, 0.3) is 0 Å². The number of nitrogens with one attached hydrogen (secondary N) is 1. The van der Waals surface area contributed by atoms with Crippen molar-refractivity contribution in [1.29, 1.82) is 0 Å². The van der Waals surface area contributed by atoms with E-state index in [2.05, 4.69) is 39.6 Å². The Hall–Kier alpha value is -3.53. The van der Waals surface area contributed by atoms with Gasteiger partial charge in [0.2, 0.25) is 5.91 Å². The maximum absolute atomic E-state index is 12.3. The molecule has 0 radical (unpaired) electrons. The zero-order valence-electron chi connectivity index (χ0n) is 15.0. The maximum Gasteiger partial charge on any atom is 0.244 e. The molecule has 132 valence electrons. The van der Waals surface area contributed by atoms with Crippen molar-refractivity contribution in [3.63, 3.8) is 0 Å². The number of hydrogen-bond donors (Lipinski definition) is 1. The summed E-state index contributed by atoms with van der Waals surface area (Å²) < 4.78 is 0. The molecular weight excluding hydrogens is 334 g/mol. The maximum atomic E-state index is 12.3. The SMILES string of the molecule is CC(NC(=O)C=Cc1cnc2ccccc2n1)c1ccc2ccccc2c1. The van der Waals surface area contributed by atoms with E-state index in [4.69, 9.17) is 0 Å². The third kappa shape index (κ3) is 3.85. The number of fused-ring (bicyclic) bond motifs is 2. The lowest BCUT2D eigenvalue weighted by molar-refractivity contribution is -0.117. The van der Waals surface area contributed by atoms with Crippen LogP contribution in [-0.4, -0.2) is 15.9 Å². The third-order valence-electron chi connectivity index (χ3n) is 4.50. The van der Waals surface area contributed by atoms with E-state index < -0.39 is 0 Å². The predicted molar refractivity (Wildman–Crippen MR) is 109 cm³/mol. The molecule has 27 heavy (non-hydrogen) atoms. The first kappa shape index (κ1) is 16.9. The summed E-state index contributed by atoms with van der Waals surface area (Å²) in [6.45, 7) is 1.98. The van der Waals surface area contributed by atoms with Gasteiger partial charge in [0.15, 0.2) is 0 Å². The van der Waals surface area contributed by atoms with Crippen LogP contribution in [-0.2, 0) is 4.79 Å². The Morgan fingerprint density at radius 2 is 1.70 bits per heavy atom. The van der Waals surface area contributed by atoms with Gasteiger partial charge in [0.05, 0.1) is 29.0 Å². The molecule has 0 aliphatic carbocycles. The number of benzene rings is 3. The summed E-state index contributed by atoms with van der Waals surface area (Å²) in [4.78, 5) is 21.1. The minimum Gasteiger partial charge on any atom is -0.346 e. The van der Waals surface area contributed by atoms with Crippen LogP contribution >= 0.6 is 0 Å². The van der Waals surface area contributed by atoms with Crippen molar-refractivity contribution in [3.05, 3.63) is 90.3 Å². The van der Waals surface area contributed by atoms with Crippen LogP contribution in [0.3, 0.4) is 0 Å². The number of carbonyl (C=O) groups is 1. The second-order valence-electron chi connectivity index (χ2n) is 6.45. The third-order valence-corrected chi connectivity index (χ3v) is 4.50. The van der Waals surface area contributed by atoms with Crippen LogP contribution in [0.2, 0.25) is 0 Å². The Morgan fingerprint density at radius 3 is 2.56 bits per heavy atom. The minimum atomic E-state index is -0.161. The summed E-state index contributed by atoms with van der Waals surface area (Å²) >= 11 is 0. The van der Waals surface area contributed by atoms with Crippen molar-refractivity contribution in [2.45, 2.75) is 13.0 Å². The van der Waals surface area contributed by atoms with Crippen LogP contribution in [0.15, 0.2) is 79.0 Å². The largest absolute Gasteiger partial charge is 0.346 e. The van der Waals surface area contributed by atoms with Gasteiger partial charge in [-0.15, -0.1) is 0 Å². The van der Waals surface area contributed by atoms with Crippen molar-refractivity contribution in [2.24, 2.45) is 0 Å². The first-order valence-electron chi connectivity index (χ1n) is 8.88. The molecule has 0 fully saturated rings. The van der Waals surface area contributed by atoms with E-state index in [-0.39, 0.29) is 11.9 Å². The second-order valence-corrected chi connectivity index (χ2v) is 6.45. The molecule has 1 heterocycles. The van der Waals surface area contributed by atoms with Crippen molar-refractivity contribution in [3.8, 4) is 0 Å². The Kier molecular flexibility index (Phi) is 4.62. The molecule has 4 heteroatoms. The number of nitrogens with zero attached hydrogens (tertiary/aromatic N) is 2. The molecule has 4 rings (SSSR count). The van der Waals surface area contributed by atoms with Crippen LogP contribution < -0.4 is 5.32 Å². The van der Waals surface area contributed by atoms with Gasteiger partial charge in [-0.2, -0.15) is 0 Å². The number of carbonyl (C=O) groups excluding carboxylic acids is 1. The van der Waals surface area contributed by atoms with Crippen LogP contribution in [0.1, 0.15) is 24.2 Å². The first-order valence-corrected chi connectivity index (χ1v) is 8.88. The molecular formula is C23H19N3O. The minimum absolute atomic E-state index is 0.0885. The predicted octanol–water partition coefficient (Wildman–Crippen LogP) is 4.67. The quantitative estimate of drug-likeness (QED) is 0.542. The van der Waals surface area contributed by atoms with E-state index in [1.54, 1.807) is 12.3 Å². The fraction of sp³-hybridized carbons (Fsp3) is 0.0870. The summed E-state index contributed by atoms with van der Waals surface area (Å²) in [6.07, 6.45) is 4.84. The first-order chi connectivity index (χ1) is 13.2. The second kappa shape index (κ2) is 7.38. The molecule has 1 amide bonds. The van der Waals surface area contributed by atoms with Crippen LogP contribution in [0, 0.1) is 0 Å². The van der Waals surface area contributed by atoms with Crippen LogP contribution in [0.25, 0.3) is 27.9 Å². The van der Waals surface area contributed by atoms with Crippen molar-refractivity contribution < 1.29 is 4.79 Å². The normalized spacial score (nSPS) is 12.5. The Balaban J connectivity index is 1.46. The summed E-state index contributed by atoms with van der Waals surface area (Å²) in [5.74, 6) is -0.161. The van der Waals surface area contributed by atoms with Gasteiger partial charge in [0.1, 0.15) is 0 Å². The molecule has 4 nitrogen and oxygen atoms in total. The Labute approximate surface area is 157 Å². The molecule has 1 atom stereocenters. The lowest BCUT2D eigenvalue weighted by atomic mass is 10.0. The van der Waals surface area contributed by atoms with E-state index in [9.17, 15) is 4.79 Å². The molecule has 0 saturated heterocycles. The number of hydrogen-bond acceptors (Lipinski definition) is 3. The van der Waals surface area contributed by atoms with E-state index in [1.807, 2.05) is 49.4 Å². The van der Waals surface area contributed by atoms with Crippen LogP contribution in [0.5, 0.6) is 0 Å². The number of amides is 1. The van der Waals surface area contributed by atoms with Gasteiger partial charge in [-0.3, -0.25) is 9.78 Å². The lowest BCUT2D eigenvalue weighted by Gasteiger charge is -2.13. The fourth-order valence-corrected chi connectivity index (χ4v) is 3.03. The molecule has 0 aliphatic rings. The average Bonchev–Trinajstić information content (AvgIpc) is 2.71. The van der Waals surface area contributed by atoms with Gasteiger partial charge < -0.3 is 5.32 Å².